The molecule has 0 aliphatic carbocycles. The Kier molecular flexibility index (Phi) is 10.5. The van der Waals surface area contributed by atoms with Crippen molar-refractivity contribution in [1.82, 2.24) is 0 Å². The van der Waals surface area contributed by atoms with E-state index in [1.165, 1.54) is 0 Å². The van der Waals surface area contributed by atoms with Gasteiger partial charge in [0.2, 0.25) is 0 Å². The Balaban J connectivity index is 0. The van der Waals surface area contributed by atoms with Gasteiger partial charge in [0.15, 0.2) is 5.78 Å². The van der Waals surface area contributed by atoms with E-state index >= 15 is 0 Å². The van der Waals surface area contributed by atoms with E-state index in [1.807, 2.05) is 27.7 Å². The highest BCUT2D eigenvalue weighted by molar-refractivity contribution is 6.11. The third-order valence-electron chi connectivity index (χ3n) is 1.72. The molecular formula is C17H24O. The summed E-state index contributed by atoms with van der Waals surface area (Å²) in [4.78, 5) is 11.7. The van der Waals surface area contributed by atoms with Crippen molar-refractivity contribution in [3.05, 3.63) is 72.9 Å². The molecule has 0 saturated carbocycles. The van der Waals surface area contributed by atoms with Gasteiger partial charge < -0.3 is 0 Å². The molecule has 0 spiro atoms. The second-order valence-electron chi connectivity index (χ2n) is 3.74. The summed E-state index contributed by atoms with van der Waals surface area (Å²) in [5.41, 5.74) is 2.55. The lowest BCUT2D eigenvalue weighted by atomic mass is 10.0. The van der Waals surface area contributed by atoms with Crippen LogP contribution in [0.2, 0.25) is 0 Å². The van der Waals surface area contributed by atoms with E-state index in [-0.39, 0.29) is 5.78 Å². The van der Waals surface area contributed by atoms with Gasteiger partial charge in [0.1, 0.15) is 0 Å². The minimum Gasteiger partial charge on any atom is -0.289 e. The number of hydrogen-bond acceptors (Lipinski definition) is 1. The van der Waals surface area contributed by atoms with Crippen LogP contribution >= 0.6 is 0 Å². The third-order valence-corrected chi connectivity index (χ3v) is 1.72. The minimum absolute atomic E-state index is 0.171. The summed E-state index contributed by atoms with van der Waals surface area (Å²) in [7, 11) is 0. The zero-order valence-corrected chi connectivity index (χ0v) is 12.0. The first-order chi connectivity index (χ1) is 8.34. The zero-order valence-electron chi connectivity index (χ0n) is 12.0. The highest BCUT2D eigenvalue weighted by Gasteiger charge is 2.05. The van der Waals surface area contributed by atoms with Crippen molar-refractivity contribution in [1.29, 1.82) is 0 Å². The lowest BCUT2D eigenvalue weighted by Crippen LogP contribution is -2.00. The molecule has 0 aromatic heterocycles. The average Bonchev–Trinajstić information content (AvgIpc) is 2.34. The molecule has 0 aromatic rings. The quantitative estimate of drug-likeness (QED) is 0.477. The molecule has 0 unspecified atom stereocenters. The second-order valence-corrected chi connectivity index (χ2v) is 3.74. The maximum Gasteiger partial charge on any atom is 0.191 e. The number of ketones is 1. The molecule has 0 aromatic carbocycles. The predicted octanol–water partition coefficient (Wildman–Crippen LogP) is 4.96. The predicted molar refractivity (Wildman–Crippen MR) is 82.5 cm³/mol. The molecule has 1 nitrogen and oxygen atoms in total. The van der Waals surface area contributed by atoms with Gasteiger partial charge in [0.25, 0.3) is 0 Å². The van der Waals surface area contributed by atoms with Gasteiger partial charge in [-0.15, -0.1) is 0 Å². The van der Waals surface area contributed by atoms with Crippen molar-refractivity contribution in [2.75, 3.05) is 0 Å². The first-order valence-corrected chi connectivity index (χ1v) is 5.94. The van der Waals surface area contributed by atoms with Crippen LogP contribution in [-0.4, -0.2) is 5.78 Å². The average molecular weight is 244 g/mol. The summed E-state index contributed by atoms with van der Waals surface area (Å²) < 4.78 is 0. The van der Waals surface area contributed by atoms with Gasteiger partial charge >= 0.3 is 0 Å². The Morgan fingerprint density at radius 1 is 0.722 bits per heavy atom. The summed E-state index contributed by atoms with van der Waals surface area (Å²) in [6, 6.07) is 0. The Morgan fingerprint density at radius 2 is 1.00 bits per heavy atom. The number of hydrogen-bond donors (Lipinski definition) is 0. The molecule has 0 heterocycles. The highest BCUT2D eigenvalue weighted by atomic mass is 16.1. The number of allylic oxidation sites excluding steroid dienone is 8. The van der Waals surface area contributed by atoms with E-state index < -0.39 is 0 Å². The van der Waals surface area contributed by atoms with Gasteiger partial charge in [0.05, 0.1) is 0 Å². The standard InChI is InChI=1S/C15H18O.C2H6/c1-11(2)7-9-13(5)15(16)14(6)10-8-12(3)4;1-2/h7-10H,1,3,5-6H2,2,4H3;1-2H3/b9-7-,10-8-;. The maximum atomic E-state index is 11.7. The molecule has 98 valence electrons. The van der Waals surface area contributed by atoms with Crippen molar-refractivity contribution in [2.24, 2.45) is 0 Å². The van der Waals surface area contributed by atoms with Gasteiger partial charge in [-0.1, -0.05) is 75.6 Å². The first-order valence-electron chi connectivity index (χ1n) is 5.94. The molecule has 0 amide bonds. The third kappa shape index (κ3) is 9.34. The van der Waals surface area contributed by atoms with Crippen molar-refractivity contribution in [2.45, 2.75) is 27.7 Å². The van der Waals surface area contributed by atoms with Crippen LogP contribution in [0.1, 0.15) is 27.7 Å². The molecule has 18 heavy (non-hydrogen) atoms. The Labute approximate surface area is 112 Å². The zero-order chi connectivity index (χ0) is 14.7. The Morgan fingerprint density at radius 3 is 1.22 bits per heavy atom. The summed E-state index contributed by atoms with van der Waals surface area (Å²) in [5.74, 6) is -0.171. The van der Waals surface area contributed by atoms with Gasteiger partial charge in [-0.25, -0.2) is 0 Å². The van der Waals surface area contributed by atoms with Crippen molar-refractivity contribution in [3.8, 4) is 0 Å². The van der Waals surface area contributed by atoms with E-state index in [4.69, 9.17) is 0 Å². The molecule has 0 atom stereocenters. The molecule has 1 heteroatoms. The van der Waals surface area contributed by atoms with E-state index in [0.717, 1.165) is 11.1 Å². The summed E-state index contributed by atoms with van der Waals surface area (Å²) >= 11 is 0. The van der Waals surface area contributed by atoms with E-state index in [2.05, 4.69) is 26.3 Å². The van der Waals surface area contributed by atoms with Crippen LogP contribution in [0.4, 0.5) is 0 Å². The van der Waals surface area contributed by atoms with Crippen molar-refractivity contribution in [3.63, 3.8) is 0 Å². The van der Waals surface area contributed by atoms with E-state index in [0.29, 0.717) is 11.1 Å². The van der Waals surface area contributed by atoms with Gasteiger partial charge in [-0.3, -0.25) is 4.79 Å². The number of carbonyl (C=O) groups is 1. The topological polar surface area (TPSA) is 17.1 Å². The van der Waals surface area contributed by atoms with Gasteiger partial charge in [0, 0.05) is 11.1 Å². The molecule has 0 fully saturated rings. The molecule has 0 radical (unpaired) electrons. The van der Waals surface area contributed by atoms with Crippen LogP contribution in [-0.2, 0) is 4.79 Å². The normalized spacial score (nSPS) is 9.78. The molecule has 0 saturated heterocycles. The highest BCUT2D eigenvalue weighted by Crippen LogP contribution is 2.07. The van der Waals surface area contributed by atoms with Crippen LogP contribution in [0.3, 0.4) is 0 Å². The number of rotatable bonds is 6. The van der Waals surface area contributed by atoms with Crippen LogP contribution in [0, 0.1) is 0 Å². The molecule has 0 N–H and O–H groups in total. The number of carbonyl (C=O) groups excluding carboxylic acids is 1. The SMILES string of the molecule is C=C(C)/C=C\C(=C)C(=O)C(=C)/C=C\C(=C)C.CC. The fraction of sp³-hybridized carbons (Fsp3) is 0.235. The summed E-state index contributed by atoms with van der Waals surface area (Å²) in [5, 5.41) is 0. The molecular weight excluding hydrogens is 220 g/mol. The maximum absolute atomic E-state index is 11.7. The second kappa shape index (κ2) is 10.3. The van der Waals surface area contributed by atoms with Crippen LogP contribution in [0.5, 0.6) is 0 Å². The van der Waals surface area contributed by atoms with Crippen molar-refractivity contribution < 1.29 is 4.79 Å². The largest absolute Gasteiger partial charge is 0.289 e. The van der Waals surface area contributed by atoms with Gasteiger partial charge in [-0.05, 0) is 13.8 Å². The van der Waals surface area contributed by atoms with Gasteiger partial charge in [-0.2, -0.15) is 0 Å². The van der Waals surface area contributed by atoms with Crippen LogP contribution in [0.25, 0.3) is 0 Å². The fourth-order valence-corrected chi connectivity index (χ4v) is 0.843. The summed E-state index contributed by atoms with van der Waals surface area (Å²) in [6.07, 6.45) is 6.78. The Bertz CT molecular complexity index is 365. The lowest BCUT2D eigenvalue weighted by molar-refractivity contribution is -0.111. The Hall–Kier alpha value is -1.89. The van der Waals surface area contributed by atoms with Crippen LogP contribution < -0.4 is 0 Å². The number of Topliss-reactive ketones (excluding diaryl/α,β-unsaturated/α-hetero) is 1. The molecule has 0 bridgehead atoms. The minimum atomic E-state index is -0.171. The smallest absolute Gasteiger partial charge is 0.191 e. The van der Waals surface area contributed by atoms with E-state index in [1.54, 1.807) is 24.3 Å². The van der Waals surface area contributed by atoms with Crippen LogP contribution in [0.15, 0.2) is 72.9 Å². The molecule has 0 aliphatic rings. The fourth-order valence-electron chi connectivity index (χ4n) is 0.843. The lowest BCUT2D eigenvalue weighted by Gasteiger charge is -1.99. The van der Waals surface area contributed by atoms with E-state index in [9.17, 15) is 4.79 Å². The first kappa shape index (κ1) is 18.5. The molecule has 0 aliphatic heterocycles. The monoisotopic (exact) mass is 244 g/mol. The molecule has 0 rings (SSSR count). The van der Waals surface area contributed by atoms with Crippen molar-refractivity contribution >= 4 is 5.78 Å². The summed E-state index contributed by atoms with van der Waals surface area (Å²) in [6.45, 7) is 22.5.